The average molecular weight is 504 g/mol. The first-order valence-electron chi connectivity index (χ1n) is 11.0. The minimum Gasteiger partial charge on any atom is -0.482 e. The fourth-order valence-electron chi connectivity index (χ4n) is 4.03. The lowest BCUT2D eigenvalue weighted by Gasteiger charge is -2.29. The highest BCUT2D eigenvalue weighted by atomic mass is 35.5. The van der Waals surface area contributed by atoms with Gasteiger partial charge >= 0.3 is 0 Å². The van der Waals surface area contributed by atoms with Crippen molar-refractivity contribution in [2.75, 3.05) is 23.4 Å². The quantitative estimate of drug-likeness (QED) is 0.356. The van der Waals surface area contributed by atoms with Gasteiger partial charge in [0, 0.05) is 22.2 Å². The highest BCUT2D eigenvalue weighted by Crippen LogP contribution is 2.38. The van der Waals surface area contributed by atoms with Crippen molar-refractivity contribution in [3.63, 3.8) is 0 Å². The van der Waals surface area contributed by atoms with Gasteiger partial charge < -0.3 is 10.1 Å². The van der Waals surface area contributed by atoms with E-state index in [9.17, 15) is 9.59 Å². The molecule has 0 unspecified atom stereocenters. The number of rotatable bonds is 5. The van der Waals surface area contributed by atoms with Crippen molar-refractivity contribution in [3.8, 4) is 27.6 Å². The largest absolute Gasteiger partial charge is 0.482 e. The van der Waals surface area contributed by atoms with Crippen molar-refractivity contribution < 1.29 is 14.3 Å². The molecule has 0 bridgehead atoms. The summed E-state index contributed by atoms with van der Waals surface area (Å²) in [5, 5.41) is 6.35. The monoisotopic (exact) mass is 503 g/mol. The predicted octanol–water partition coefficient (Wildman–Crippen LogP) is 6.11. The van der Waals surface area contributed by atoms with E-state index in [1.165, 1.54) is 16.2 Å². The van der Waals surface area contributed by atoms with Crippen LogP contribution in [0.15, 0.2) is 66.0 Å². The van der Waals surface area contributed by atoms with Crippen molar-refractivity contribution in [2.24, 2.45) is 0 Å². The van der Waals surface area contributed by atoms with Gasteiger partial charge in [0.15, 0.2) is 6.61 Å². The molecule has 4 aromatic rings. The van der Waals surface area contributed by atoms with E-state index >= 15 is 0 Å². The molecule has 0 radical (unpaired) electrons. The second kappa shape index (κ2) is 9.52. The average Bonchev–Trinajstić information content (AvgIpc) is 3.33. The fraction of sp³-hybridized carbons (Fsp3) is 0.148. The number of hydrogen-bond donors (Lipinski definition) is 1. The molecule has 0 spiro atoms. The number of anilines is 2. The summed E-state index contributed by atoms with van der Waals surface area (Å²) >= 11 is 7.83. The molecule has 0 saturated heterocycles. The lowest BCUT2D eigenvalue weighted by molar-refractivity contribution is -0.123. The van der Waals surface area contributed by atoms with Crippen LogP contribution in [-0.4, -0.2) is 29.9 Å². The third kappa shape index (κ3) is 4.65. The van der Waals surface area contributed by atoms with Gasteiger partial charge in [-0.15, -0.1) is 11.3 Å². The third-order valence-electron chi connectivity index (χ3n) is 5.85. The molecule has 35 heavy (non-hydrogen) atoms. The summed E-state index contributed by atoms with van der Waals surface area (Å²) in [4.78, 5) is 31.9. The summed E-state index contributed by atoms with van der Waals surface area (Å²) in [5.41, 5.74) is 5.68. The van der Waals surface area contributed by atoms with Crippen LogP contribution >= 0.6 is 22.9 Å². The lowest BCUT2D eigenvalue weighted by atomic mass is 10.1. The normalized spacial score (nSPS) is 12.8. The van der Waals surface area contributed by atoms with E-state index in [0.717, 1.165) is 38.6 Å². The SMILES string of the molecule is Cc1cccc(C)c1NC(=O)CN1C(=O)COc2ccc(-c3csc(-c4ccccc4Cl)n3)cc21. The number of nitrogens with zero attached hydrogens (tertiary/aromatic N) is 2. The van der Waals surface area contributed by atoms with E-state index < -0.39 is 0 Å². The number of benzene rings is 3. The molecule has 1 N–H and O–H groups in total. The zero-order valence-electron chi connectivity index (χ0n) is 19.2. The molecule has 6 nitrogen and oxygen atoms in total. The number of carbonyl (C=O) groups excluding carboxylic acids is 2. The second-order valence-electron chi connectivity index (χ2n) is 8.28. The molecule has 1 aliphatic heterocycles. The summed E-state index contributed by atoms with van der Waals surface area (Å²) < 4.78 is 5.63. The number of para-hydroxylation sites is 1. The number of aryl methyl sites for hydroxylation is 2. The Morgan fingerprint density at radius 2 is 1.89 bits per heavy atom. The van der Waals surface area contributed by atoms with Gasteiger partial charge in [-0.25, -0.2) is 4.98 Å². The number of carbonyl (C=O) groups is 2. The van der Waals surface area contributed by atoms with Gasteiger partial charge in [-0.3, -0.25) is 14.5 Å². The maximum Gasteiger partial charge on any atom is 0.265 e. The Morgan fingerprint density at radius 1 is 1.11 bits per heavy atom. The summed E-state index contributed by atoms with van der Waals surface area (Å²) in [6.07, 6.45) is 0. The first kappa shape index (κ1) is 23.1. The van der Waals surface area contributed by atoms with E-state index in [-0.39, 0.29) is 25.0 Å². The van der Waals surface area contributed by atoms with Crippen LogP contribution in [0.4, 0.5) is 11.4 Å². The Balaban J connectivity index is 1.42. The van der Waals surface area contributed by atoms with Crippen LogP contribution in [0.5, 0.6) is 5.75 Å². The highest BCUT2D eigenvalue weighted by Gasteiger charge is 2.28. The summed E-state index contributed by atoms with van der Waals surface area (Å²) in [7, 11) is 0. The topological polar surface area (TPSA) is 71.5 Å². The van der Waals surface area contributed by atoms with E-state index in [2.05, 4.69) is 5.32 Å². The first-order chi connectivity index (χ1) is 16.9. The van der Waals surface area contributed by atoms with Gasteiger partial charge in [0.05, 0.1) is 16.4 Å². The second-order valence-corrected chi connectivity index (χ2v) is 9.55. The minimum absolute atomic E-state index is 0.115. The molecule has 8 heteroatoms. The Labute approximate surface area is 212 Å². The van der Waals surface area contributed by atoms with E-state index in [0.29, 0.717) is 16.5 Å². The molecule has 3 aromatic carbocycles. The number of nitrogens with one attached hydrogen (secondary N) is 1. The van der Waals surface area contributed by atoms with Gasteiger partial charge in [0.1, 0.15) is 17.3 Å². The van der Waals surface area contributed by atoms with E-state index in [4.69, 9.17) is 21.3 Å². The molecule has 1 aromatic heterocycles. The van der Waals surface area contributed by atoms with Crippen molar-refractivity contribution in [1.82, 2.24) is 4.98 Å². The van der Waals surface area contributed by atoms with Crippen LogP contribution in [0.2, 0.25) is 5.02 Å². The van der Waals surface area contributed by atoms with Crippen LogP contribution in [0.1, 0.15) is 11.1 Å². The van der Waals surface area contributed by atoms with Gasteiger partial charge in [-0.1, -0.05) is 48.0 Å². The number of hydrogen-bond acceptors (Lipinski definition) is 5. The van der Waals surface area contributed by atoms with Crippen LogP contribution in [0.3, 0.4) is 0 Å². The molecule has 0 atom stereocenters. The molecule has 1 aliphatic rings. The zero-order chi connectivity index (χ0) is 24.5. The summed E-state index contributed by atoms with van der Waals surface area (Å²) in [5.74, 6) is -0.000198. The lowest BCUT2D eigenvalue weighted by Crippen LogP contribution is -2.43. The number of amides is 2. The maximum atomic E-state index is 12.9. The van der Waals surface area contributed by atoms with Gasteiger partial charge in [-0.2, -0.15) is 0 Å². The van der Waals surface area contributed by atoms with Gasteiger partial charge in [0.25, 0.3) is 5.91 Å². The van der Waals surface area contributed by atoms with Crippen molar-refractivity contribution in [1.29, 1.82) is 0 Å². The van der Waals surface area contributed by atoms with E-state index in [1.54, 1.807) is 0 Å². The summed E-state index contributed by atoms with van der Waals surface area (Å²) in [6, 6.07) is 18.9. The number of halogens is 1. The summed E-state index contributed by atoms with van der Waals surface area (Å²) in [6.45, 7) is 3.65. The predicted molar refractivity (Wildman–Crippen MR) is 140 cm³/mol. The highest BCUT2D eigenvalue weighted by molar-refractivity contribution is 7.13. The molecule has 0 fully saturated rings. The van der Waals surface area contributed by atoms with Crippen LogP contribution in [-0.2, 0) is 9.59 Å². The first-order valence-corrected chi connectivity index (χ1v) is 12.3. The van der Waals surface area contributed by atoms with Crippen molar-refractivity contribution in [3.05, 3.63) is 82.2 Å². The van der Waals surface area contributed by atoms with Crippen LogP contribution in [0, 0.1) is 13.8 Å². The standard InChI is InChI=1S/C27H22ClN3O3S/c1-16-6-5-7-17(2)26(16)30-24(32)13-31-22-12-18(10-11-23(22)34-14-25(31)33)21-15-35-27(29-21)19-8-3-4-9-20(19)28/h3-12,15H,13-14H2,1-2H3,(H,30,32). The zero-order valence-corrected chi connectivity index (χ0v) is 20.7. The Bertz CT molecular complexity index is 1430. The molecular weight excluding hydrogens is 482 g/mol. The molecule has 2 amide bonds. The minimum atomic E-state index is -0.277. The van der Waals surface area contributed by atoms with Crippen LogP contribution < -0.4 is 15.0 Å². The molecule has 0 saturated carbocycles. The Kier molecular flexibility index (Phi) is 6.28. The van der Waals surface area contributed by atoms with Crippen molar-refractivity contribution in [2.45, 2.75) is 13.8 Å². The molecule has 2 heterocycles. The number of aromatic nitrogens is 1. The Morgan fingerprint density at radius 3 is 2.66 bits per heavy atom. The number of fused-ring (bicyclic) bond motifs is 1. The fourth-order valence-corrected chi connectivity index (χ4v) is 5.18. The van der Waals surface area contributed by atoms with Crippen LogP contribution in [0.25, 0.3) is 21.8 Å². The van der Waals surface area contributed by atoms with E-state index in [1.807, 2.05) is 79.9 Å². The smallest absolute Gasteiger partial charge is 0.265 e. The van der Waals surface area contributed by atoms with Gasteiger partial charge in [0.2, 0.25) is 5.91 Å². The Hall–Kier alpha value is -3.68. The number of ether oxygens (including phenoxy) is 1. The molecule has 5 rings (SSSR count). The molecule has 176 valence electrons. The maximum absolute atomic E-state index is 12.9. The molecular formula is C27H22ClN3O3S. The molecule has 0 aliphatic carbocycles. The number of thiazole rings is 1. The van der Waals surface area contributed by atoms with Gasteiger partial charge in [-0.05, 0) is 49.2 Å². The van der Waals surface area contributed by atoms with Crippen molar-refractivity contribution >= 4 is 46.1 Å². The third-order valence-corrected chi connectivity index (χ3v) is 7.06.